The lowest BCUT2D eigenvalue weighted by Crippen LogP contribution is -2.31. The Bertz CT molecular complexity index is 2150. The van der Waals surface area contributed by atoms with E-state index in [0.717, 1.165) is 56.0 Å². The van der Waals surface area contributed by atoms with Crippen molar-refractivity contribution in [3.8, 4) is 44.9 Å². The predicted molar refractivity (Wildman–Crippen MR) is 229 cm³/mol. The van der Waals surface area contributed by atoms with Gasteiger partial charge in [-0.25, -0.2) is 0 Å². The van der Waals surface area contributed by atoms with Crippen LogP contribution in [0.25, 0.3) is 33.4 Å². The van der Waals surface area contributed by atoms with E-state index in [1.54, 1.807) is 13.8 Å². The number of hydrogen-bond donors (Lipinski definition) is 2. The van der Waals surface area contributed by atoms with Gasteiger partial charge in [0.25, 0.3) is 0 Å². The van der Waals surface area contributed by atoms with Gasteiger partial charge in [0.05, 0.1) is 43.0 Å². The maximum absolute atomic E-state index is 9.91. The molecule has 0 radical (unpaired) electrons. The highest BCUT2D eigenvalue weighted by Gasteiger charge is 2.49. The van der Waals surface area contributed by atoms with Gasteiger partial charge in [0.1, 0.15) is 24.7 Å². The Kier molecular flexibility index (Phi) is 12.3. The summed E-state index contributed by atoms with van der Waals surface area (Å²) in [5, 5.41) is 19.8. The van der Waals surface area contributed by atoms with E-state index < -0.39 is 17.6 Å². The average Bonchev–Trinajstić information content (AvgIpc) is 3.51. The van der Waals surface area contributed by atoms with Crippen LogP contribution in [0.5, 0.6) is 11.5 Å². The van der Waals surface area contributed by atoms with Crippen LogP contribution in [0.15, 0.2) is 133 Å². The van der Waals surface area contributed by atoms with Gasteiger partial charge in [-0.2, -0.15) is 0 Å². The predicted octanol–water partition coefficient (Wildman–Crippen LogP) is 10.3. The molecule has 0 spiro atoms. The molecule has 294 valence electrons. The number of aliphatic hydroxyl groups excluding tert-OH is 2. The molecular weight excluding hydrogens is 709 g/mol. The summed E-state index contributed by atoms with van der Waals surface area (Å²) < 4.78 is 25.4. The first kappa shape index (κ1) is 40.0. The van der Waals surface area contributed by atoms with E-state index in [0.29, 0.717) is 13.2 Å². The minimum Gasteiger partial charge on any atom is -0.490 e. The van der Waals surface area contributed by atoms with E-state index in [1.807, 2.05) is 13.8 Å². The van der Waals surface area contributed by atoms with Crippen LogP contribution in [-0.4, -0.2) is 61.1 Å². The largest absolute Gasteiger partial charge is 0.490 e. The van der Waals surface area contributed by atoms with Crippen molar-refractivity contribution in [1.29, 1.82) is 0 Å². The second-order valence-corrected chi connectivity index (χ2v) is 15.5. The van der Waals surface area contributed by atoms with Crippen LogP contribution in [0.2, 0.25) is 0 Å². The summed E-state index contributed by atoms with van der Waals surface area (Å²) in [6.45, 7) is 12.7. The van der Waals surface area contributed by atoms with Gasteiger partial charge in [0.2, 0.25) is 0 Å². The molecule has 6 heteroatoms. The fraction of sp³-hybridized carbons (Fsp3) is 0.294. The normalized spacial score (nSPS) is 14.9. The SMILES string of the molecule is Cc1cccc(-c2c(OCC(C)OCC(C)O)cccc2C2(c3cccc(OCC(C)OCC(C)O)c3-c3cccc(C)c3)c3ccccc3-c3ccccc32)c1. The van der Waals surface area contributed by atoms with Gasteiger partial charge in [0.15, 0.2) is 0 Å². The summed E-state index contributed by atoms with van der Waals surface area (Å²) in [5.41, 5.74) is 12.4. The third-order valence-electron chi connectivity index (χ3n) is 10.6. The molecule has 0 aromatic heterocycles. The first-order valence-corrected chi connectivity index (χ1v) is 20.0. The second-order valence-electron chi connectivity index (χ2n) is 15.5. The van der Waals surface area contributed by atoms with Crippen LogP contribution in [0.4, 0.5) is 0 Å². The molecule has 0 amide bonds. The molecule has 4 unspecified atom stereocenters. The van der Waals surface area contributed by atoms with E-state index in [-0.39, 0.29) is 25.4 Å². The van der Waals surface area contributed by atoms with Crippen molar-refractivity contribution in [3.05, 3.63) is 167 Å². The first-order chi connectivity index (χ1) is 27.6. The van der Waals surface area contributed by atoms with E-state index >= 15 is 0 Å². The van der Waals surface area contributed by atoms with Gasteiger partial charge in [0, 0.05) is 11.1 Å². The fourth-order valence-corrected chi connectivity index (χ4v) is 8.20. The summed E-state index contributed by atoms with van der Waals surface area (Å²) in [6.07, 6.45) is -1.62. The topological polar surface area (TPSA) is 77.4 Å². The number of benzene rings is 6. The standard InChI is InChI=1S/C51H54O6/c1-33-15-11-17-39(27-33)49-45(23-13-25-47(49)56-31-37(5)54-29-35(3)52)51(43-21-9-7-19-41(43)42-20-8-10-22-44(42)51)46-24-14-26-48(57-32-38(6)55-30-36(4)53)50(46)40-18-12-16-34(2)28-40/h7-28,35-38,52-53H,29-32H2,1-6H3. The van der Waals surface area contributed by atoms with Crippen LogP contribution in [0, 0.1) is 13.8 Å². The molecule has 6 nitrogen and oxygen atoms in total. The Balaban J connectivity index is 1.54. The van der Waals surface area contributed by atoms with Gasteiger partial charge in [-0.1, -0.05) is 132 Å². The van der Waals surface area contributed by atoms with Gasteiger partial charge in [-0.15, -0.1) is 0 Å². The third-order valence-corrected chi connectivity index (χ3v) is 10.6. The maximum atomic E-state index is 9.91. The average molecular weight is 763 g/mol. The highest BCUT2D eigenvalue weighted by molar-refractivity contribution is 5.93. The number of aliphatic hydroxyl groups is 2. The Morgan fingerprint density at radius 3 is 1.25 bits per heavy atom. The molecule has 6 aromatic rings. The summed E-state index contributed by atoms with van der Waals surface area (Å²) in [5.74, 6) is 1.50. The molecule has 2 N–H and O–H groups in total. The lowest BCUT2D eigenvalue weighted by atomic mass is 9.64. The number of fused-ring (bicyclic) bond motifs is 3. The molecule has 0 bridgehead atoms. The van der Waals surface area contributed by atoms with E-state index in [2.05, 4.69) is 147 Å². The summed E-state index contributed by atoms with van der Waals surface area (Å²) in [6, 6.07) is 47.6. The zero-order chi connectivity index (χ0) is 40.1. The highest BCUT2D eigenvalue weighted by Crippen LogP contribution is 2.61. The molecular formula is C51H54O6. The van der Waals surface area contributed by atoms with Gasteiger partial charge in [-0.05, 0) is 98.2 Å². The van der Waals surface area contributed by atoms with Crippen molar-refractivity contribution in [3.63, 3.8) is 0 Å². The van der Waals surface area contributed by atoms with E-state index in [9.17, 15) is 10.2 Å². The van der Waals surface area contributed by atoms with Gasteiger partial charge in [-0.3, -0.25) is 0 Å². The zero-order valence-electron chi connectivity index (χ0n) is 33.9. The monoisotopic (exact) mass is 762 g/mol. The Hall–Kier alpha value is -5.24. The van der Waals surface area contributed by atoms with Crippen molar-refractivity contribution >= 4 is 0 Å². The summed E-state index contributed by atoms with van der Waals surface area (Å²) in [4.78, 5) is 0. The van der Waals surface area contributed by atoms with Crippen LogP contribution in [0.1, 0.15) is 61.1 Å². The van der Waals surface area contributed by atoms with Gasteiger partial charge < -0.3 is 29.2 Å². The Morgan fingerprint density at radius 2 is 0.842 bits per heavy atom. The lowest BCUT2D eigenvalue weighted by molar-refractivity contribution is -0.0131. The smallest absolute Gasteiger partial charge is 0.127 e. The van der Waals surface area contributed by atoms with Crippen LogP contribution < -0.4 is 9.47 Å². The van der Waals surface area contributed by atoms with Crippen molar-refractivity contribution < 1.29 is 29.2 Å². The molecule has 0 aliphatic heterocycles. The number of aryl methyl sites for hydroxylation is 2. The maximum Gasteiger partial charge on any atom is 0.127 e. The molecule has 6 aromatic carbocycles. The molecule has 7 rings (SSSR count). The fourth-order valence-electron chi connectivity index (χ4n) is 8.20. The van der Waals surface area contributed by atoms with Crippen LogP contribution in [0.3, 0.4) is 0 Å². The highest BCUT2D eigenvalue weighted by atomic mass is 16.5. The summed E-state index contributed by atoms with van der Waals surface area (Å²) in [7, 11) is 0. The third kappa shape index (κ3) is 8.28. The van der Waals surface area contributed by atoms with Gasteiger partial charge >= 0.3 is 0 Å². The molecule has 0 fully saturated rings. The number of rotatable bonds is 16. The van der Waals surface area contributed by atoms with E-state index in [1.165, 1.54) is 22.3 Å². The Morgan fingerprint density at radius 1 is 0.456 bits per heavy atom. The number of hydrogen-bond acceptors (Lipinski definition) is 6. The first-order valence-electron chi connectivity index (χ1n) is 20.0. The van der Waals surface area contributed by atoms with Crippen LogP contribution >= 0.6 is 0 Å². The zero-order valence-corrected chi connectivity index (χ0v) is 33.9. The Labute approximate surface area is 337 Å². The van der Waals surface area contributed by atoms with Crippen molar-refractivity contribution in [1.82, 2.24) is 0 Å². The lowest BCUT2D eigenvalue weighted by Gasteiger charge is -2.38. The minimum atomic E-state index is -0.826. The van der Waals surface area contributed by atoms with Crippen LogP contribution in [-0.2, 0) is 14.9 Å². The molecule has 0 saturated carbocycles. The molecule has 4 atom stereocenters. The molecule has 1 aliphatic rings. The summed E-state index contributed by atoms with van der Waals surface area (Å²) >= 11 is 0. The molecule has 0 saturated heterocycles. The molecule has 0 heterocycles. The van der Waals surface area contributed by atoms with Crippen molar-refractivity contribution in [2.45, 2.75) is 71.4 Å². The van der Waals surface area contributed by atoms with Crippen molar-refractivity contribution in [2.75, 3.05) is 26.4 Å². The quantitative estimate of drug-likeness (QED) is 0.102. The van der Waals surface area contributed by atoms with E-state index in [4.69, 9.17) is 18.9 Å². The molecule has 57 heavy (non-hydrogen) atoms. The van der Waals surface area contributed by atoms with Crippen molar-refractivity contribution in [2.24, 2.45) is 0 Å². The minimum absolute atomic E-state index is 0.234. The second kappa shape index (κ2) is 17.5. The number of ether oxygens (including phenoxy) is 4. The molecule has 1 aliphatic carbocycles.